The highest BCUT2D eigenvalue weighted by Crippen LogP contribution is 2.10. The Bertz CT molecular complexity index is 394. The Labute approximate surface area is 108 Å². The Kier molecular flexibility index (Phi) is 4.33. The quantitative estimate of drug-likeness (QED) is 0.811. The molecular weight excluding hydrogens is 228 g/mol. The van der Waals surface area contributed by atoms with Crippen LogP contribution in [-0.2, 0) is 11.2 Å². The average Bonchev–Trinajstić information content (AvgIpc) is 2.37. The fourth-order valence-electron chi connectivity index (χ4n) is 2.39. The Morgan fingerprint density at radius 2 is 2.11 bits per heavy atom. The van der Waals surface area contributed by atoms with Crippen LogP contribution in [0.4, 0.5) is 0 Å². The van der Waals surface area contributed by atoms with Crippen molar-refractivity contribution < 1.29 is 9.90 Å². The number of aliphatic hydroxyl groups is 1. The van der Waals surface area contributed by atoms with Crippen LogP contribution in [-0.4, -0.2) is 47.7 Å². The maximum atomic E-state index is 11.7. The van der Waals surface area contributed by atoms with Crippen molar-refractivity contribution in [3.05, 3.63) is 35.9 Å². The van der Waals surface area contributed by atoms with Crippen LogP contribution in [0.5, 0.6) is 0 Å². The zero-order valence-corrected chi connectivity index (χ0v) is 10.7. The van der Waals surface area contributed by atoms with E-state index in [1.54, 1.807) is 0 Å². The van der Waals surface area contributed by atoms with Gasteiger partial charge in [-0.15, -0.1) is 0 Å². The normalized spacial score (nSPS) is 24.9. The van der Waals surface area contributed by atoms with Gasteiger partial charge in [0.2, 0.25) is 5.91 Å². The first-order valence-electron chi connectivity index (χ1n) is 6.40. The monoisotopic (exact) mass is 248 g/mol. The molecule has 1 aromatic carbocycles. The third kappa shape index (κ3) is 3.09. The van der Waals surface area contributed by atoms with E-state index in [1.807, 2.05) is 25.1 Å². The second-order valence-corrected chi connectivity index (χ2v) is 4.84. The molecule has 1 aliphatic rings. The molecule has 0 radical (unpaired) electrons. The number of piperazine rings is 1. The molecule has 2 atom stereocenters. The van der Waals surface area contributed by atoms with Gasteiger partial charge in [0.25, 0.3) is 0 Å². The molecule has 0 spiro atoms. The summed E-state index contributed by atoms with van der Waals surface area (Å²) in [7, 11) is 0. The maximum absolute atomic E-state index is 11.7. The van der Waals surface area contributed by atoms with E-state index in [0.29, 0.717) is 0 Å². The van der Waals surface area contributed by atoms with Gasteiger partial charge in [-0.2, -0.15) is 0 Å². The van der Waals surface area contributed by atoms with Crippen molar-refractivity contribution in [2.24, 2.45) is 0 Å². The molecule has 1 amide bonds. The number of aliphatic hydroxyl groups excluding tert-OH is 1. The van der Waals surface area contributed by atoms with Gasteiger partial charge in [-0.1, -0.05) is 30.3 Å². The lowest BCUT2D eigenvalue weighted by Crippen LogP contribution is -2.60. The van der Waals surface area contributed by atoms with Crippen LogP contribution >= 0.6 is 0 Å². The molecule has 1 heterocycles. The molecular formula is C14H20N2O2. The molecule has 4 nitrogen and oxygen atoms in total. The molecule has 98 valence electrons. The zero-order valence-electron chi connectivity index (χ0n) is 10.7. The van der Waals surface area contributed by atoms with E-state index in [0.717, 1.165) is 19.5 Å². The number of benzene rings is 1. The number of hydrogen-bond acceptors (Lipinski definition) is 3. The minimum atomic E-state index is -0.398. The summed E-state index contributed by atoms with van der Waals surface area (Å²) in [6.45, 7) is 3.46. The fourth-order valence-corrected chi connectivity index (χ4v) is 2.39. The van der Waals surface area contributed by atoms with Crippen LogP contribution in [0.1, 0.15) is 12.5 Å². The number of rotatable bonds is 4. The van der Waals surface area contributed by atoms with Crippen molar-refractivity contribution in [3.8, 4) is 0 Å². The Balaban J connectivity index is 1.96. The predicted molar refractivity (Wildman–Crippen MR) is 70.2 cm³/mol. The molecule has 18 heavy (non-hydrogen) atoms. The second-order valence-electron chi connectivity index (χ2n) is 4.84. The third-order valence-electron chi connectivity index (χ3n) is 3.34. The number of nitrogens with zero attached hydrogens (tertiary/aromatic N) is 1. The summed E-state index contributed by atoms with van der Waals surface area (Å²) in [5.41, 5.74) is 1.26. The van der Waals surface area contributed by atoms with Crippen molar-refractivity contribution in [2.75, 3.05) is 19.7 Å². The molecule has 0 saturated carbocycles. The number of nitrogens with one attached hydrogen (secondary N) is 1. The van der Waals surface area contributed by atoms with Gasteiger partial charge >= 0.3 is 0 Å². The van der Waals surface area contributed by atoms with Gasteiger partial charge in [-0.3, -0.25) is 9.69 Å². The summed E-state index contributed by atoms with van der Waals surface area (Å²) in [6, 6.07) is 9.95. The summed E-state index contributed by atoms with van der Waals surface area (Å²) in [5, 5.41) is 12.2. The molecule has 1 aromatic rings. The molecule has 2 rings (SSSR count). The van der Waals surface area contributed by atoms with Gasteiger partial charge in [-0.05, 0) is 18.9 Å². The van der Waals surface area contributed by atoms with Gasteiger partial charge in [0.1, 0.15) is 6.04 Å². The van der Waals surface area contributed by atoms with E-state index in [9.17, 15) is 9.90 Å². The summed E-state index contributed by atoms with van der Waals surface area (Å²) in [6.07, 6.45) is 0.900. The van der Waals surface area contributed by atoms with Crippen LogP contribution < -0.4 is 5.32 Å². The molecule has 0 aromatic heterocycles. The third-order valence-corrected chi connectivity index (χ3v) is 3.34. The smallest absolute Gasteiger partial charge is 0.239 e. The van der Waals surface area contributed by atoms with Crippen LogP contribution in [0.25, 0.3) is 0 Å². The van der Waals surface area contributed by atoms with Crippen molar-refractivity contribution >= 4 is 5.91 Å². The molecule has 1 fully saturated rings. The van der Waals surface area contributed by atoms with Gasteiger partial charge in [0, 0.05) is 19.1 Å². The van der Waals surface area contributed by atoms with Gasteiger partial charge in [0.15, 0.2) is 0 Å². The van der Waals surface area contributed by atoms with E-state index in [2.05, 4.69) is 22.3 Å². The van der Waals surface area contributed by atoms with Crippen LogP contribution in [0.15, 0.2) is 30.3 Å². The van der Waals surface area contributed by atoms with Crippen LogP contribution in [0, 0.1) is 0 Å². The van der Waals surface area contributed by atoms with Crippen LogP contribution in [0.3, 0.4) is 0 Å². The minimum Gasteiger partial charge on any atom is -0.394 e. The van der Waals surface area contributed by atoms with Crippen molar-refractivity contribution in [3.63, 3.8) is 0 Å². The Morgan fingerprint density at radius 3 is 2.78 bits per heavy atom. The number of hydrogen-bond donors (Lipinski definition) is 2. The SMILES string of the molecule is CC1CN(CCc2ccccc2)C(CO)C(=O)N1. The Morgan fingerprint density at radius 1 is 1.39 bits per heavy atom. The van der Waals surface area contributed by atoms with E-state index in [4.69, 9.17) is 0 Å². The van der Waals surface area contributed by atoms with E-state index in [-0.39, 0.29) is 18.6 Å². The highest BCUT2D eigenvalue weighted by molar-refractivity contribution is 5.83. The summed E-state index contributed by atoms with van der Waals surface area (Å²) in [4.78, 5) is 13.8. The van der Waals surface area contributed by atoms with E-state index >= 15 is 0 Å². The standard InChI is InChI=1S/C14H20N2O2/c1-11-9-16(13(10-17)14(18)15-11)8-7-12-5-3-2-4-6-12/h2-6,11,13,17H,7-10H2,1H3,(H,15,18). The van der Waals surface area contributed by atoms with Crippen molar-refractivity contribution in [2.45, 2.75) is 25.4 Å². The first-order chi connectivity index (χ1) is 8.70. The summed E-state index contributed by atoms with van der Waals surface area (Å²) >= 11 is 0. The minimum absolute atomic E-state index is 0.0655. The highest BCUT2D eigenvalue weighted by atomic mass is 16.3. The van der Waals surface area contributed by atoms with Crippen molar-refractivity contribution in [1.29, 1.82) is 0 Å². The molecule has 2 unspecified atom stereocenters. The molecule has 1 saturated heterocycles. The Hall–Kier alpha value is -1.39. The number of amides is 1. The maximum Gasteiger partial charge on any atom is 0.239 e. The molecule has 0 bridgehead atoms. The largest absolute Gasteiger partial charge is 0.394 e. The summed E-state index contributed by atoms with van der Waals surface area (Å²) < 4.78 is 0. The topological polar surface area (TPSA) is 52.6 Å². The average molecular weight is 248 g/mol. The second kappa shape index (κ2) is 5.98. The zero-order chi connectivity index (χ0) is 13.0. The lowest BCUT2D eigenvalue weighted by molar-refractivity contribution is -0.132. The predicted octanol–water partition coefficient (Wildman–Crippen LogP) is 0.410. The highest BCUT2D eigenvalue weighted by Gasteiger charge is 2.31. The molecule has 0 aliphatic carbocycles. The van der Waals surface area contributed by atoms with E-state index < -0.39 is 6.04 Å². The van der Waals surface area contributed by atoms with Gasteiger partial charge in [-0.25, -0.2) is 0 Å². The lowest BCUT2D eigenvalue weighted by atomic mass is 10.1. The number of carbonyl (C=O) groups excluding carboxylic acids is 1. The molecule has 4 heteroatoms. The first kappa shape index (κ1) is 13.1. The molecule has 1 aliphatic heterocycles. The first-order valence-corrected chi connectivity index (χ1v) is 6.40. The molecule has 2 N–H and O–H groups in total. The van der Waals surface area contributed by atoms with Gasteiger partial charge in [0.05, 0.1) is 6.61 Å². The van der Waals surface area contributed by atoms with E-state index in [1.165, 1.54) is 5.56 Å². The number of carbonyl (C=O) groups is 1. The summed E-state index contributed by atoms with van der Waals surface area (Å²) in [5.74, 6) is -0.0655. The van der Waals surface area contributed by atoms with Crippen molar-refractivity contribution in [1.82, 2.24) is 10.2 Å². The lowest BCUT2D eigenvalue weighted by Gasteiger charge is -2.37. The van der Waals surface area contributed by atoms with Gasteiger partial charge < -0.3 is 10.4 Å². The fraction of sp³-hybridized carbons (Fsp3) is 0.500. The van der Waals surface area contributed by atoms with Crippen LogP contribution in [0.2, 0.25) is 0 Å².